The van der Waals surface area contributed by atoms with E-state index in [-0.39, 0.29) is 23.5 Å². The van der Waals surface area contributed by atoms with Gasteiger partial charge in [0.05, 0.1) is 23.3 Å². The number of alkyl halides is 3. The molecule has 1 aromatic carbocycles. The number of carboxylic acid groups (broad SMARTS) is 1. The molecular formula is C14H16F3NO3. The van der Waals surface area contributed by atoms with Gasteiger partial charge < -0.3 is 14.7 Å². The van der Waals surface area contributed by atoms with Crippen molar-refractivity contribution in [3.8, 4) is 0 Å². The zero-order chi connectivity index (χ0) is 15.8. The van der Waals surface area contributed by atoms with E-state index in [0.29, 0.717) is 19.2 Å². The molecule has 1 aliphatic heterocycles. The van der Waals surface area contributed by atoms with E-state index in [1.54, 1.807) is 18.7 Å². The fraction of sp³-hybridized carbons (Fsp3) is 0.500. The van der Waals surface area contributed by atoms with Crippen LogP contribution in [0.4, 0.5) is 18.9 Å². The van der Waals surface area contributed by atoms with Crippen LogP contribution in [-0.4, -0.2) is 36.4 Å². The lowest BCUT2D eigenvalue weighted by molar-refractivity contribution is -0.137. The molecule has 0 saturated carbocycles. The third kappa shape index (κ3) is 3.47. The number of hydrogen-bond acceptors (Lipinski definition) is 3. The minimum Gasteiger partial charge on any atom is -0.478 e. The number of halogens is 3. The van der Waals surface area contributed by atoms with Crippen molar-refractivity contribution in [3.05, 3.63) is 29.3 Å². The van der Waals surface area contributed by atoms with Crippen molar-refractivity contribution in [2.24, 2.45) is 0 Å². The number of hydrogen-bond donors (Lipinski definition) is 1. The highest BCUT2D eigenvalue weighted by Gasteiger charge is 2.37. The maximum atomic E-state index is 13.2. The summed E-state index contributed by atoms with van der Waals surface area (Å²) in [5.74, 6) is -1.38. The van der Waals surface area contributed by atoms with E-state index in [1.807, 2.05) is 0 Å². The van der Waals surface area contributed by atoms with Gasteiger partial charge >= 0.3 is 12.1 Å². The summed E-state index contributed by atoms with van der Waals surface area (Å²) in [4.78, 5) is 12.5. The SMILES string of the molecule is C[C@@H]1CN(c2ccc(C(=O)O)cc2C(F)(F)F)C[C@H](C)O1. The molecule has 1 saturated heterocycles. The third-order valence-corrected chi connectivity index (χ3v) is 3.31. The lowest BCUT2D eigenvalue weighted by atomic mass is 10.1. The second kappa shape index (κ2) is 5.55. The van der Waals surface area contributed by atoms with Gasteiger partial charge in [-0.05, 0) is 32.0 Å². The van der Waals surface area contributed by atoms with Crippen LogP contribution in [0.2, 0.25) is 0 Å². The molecule has 7 heteroatoms. The molecule has 0 aromatic heterocycles. The predicted octanol–water partition coefficient (Wildman–Crippen LogP) is 3.02. The van der Waals surface area contributed by atoms with E-state index in [9.17, 15) is 18.0 Å². The number of nitrogens with zero attached hydrogens (tertiary/aromatic N) is 1. The van der Waals surface area contributed by atoms with Gasteiger partial charge in [0, 0.05) is 18.8 Å². The highest BCUT2D eigenvalue weighted by molar-refractivity contribution is 5.88. The Morgan fingerprint density at radius 2 is 1.86 bits per heavy atom. The first-order valence-electron chi connectivity index (χ1n) is 6.53. The normalized spacial score (nSPS) is 23.2. The van der Waals surface area contributed by atoms with E-state index in [1.165, 1.54) is 12.1 Å². The molecule has 1 heterocycles. The van der Waals surface area contributed by atoms with Crippen molar-refractivity contribution in [1.29, 1.82) is 0 Å². The molecule has 1 fully saturated rings. The molecule has 1 N–H and O–H groups in total. The summed E-state index contributed by atoms with van der Waals surface area (Å²) in [7, 11) is 0. The molecule has 0 amide bonds. The summed E-state index contributed by atoms with van der Waals surface area (Å²) in [5.41, 5.74) is -1.31. The highest BCUT2D eigenvalue weighted by Crippen LogP contribution is 2.38. The monoisotopic (exact) mass is 303 g/mol. The highest BCUT2D eigenvalue weighted by atomic mass is 19.4. The van der Waals surface area contributed by atoms with Crippen LogP contribution in [0.15, 0.2) is 18.2 Å². The van der Waals surface area contributed by atoms with Crippen LogP contribution in [0.3, 0.4) is 0 Å². The van der Waals surface area contributed by atoms with Crippen molar-refractivity contribution in [2.75, 3.05) is 18.0 Å². The Morgan fingerprint density at radius 3 is 2.33 bits per heavy atom. The van der Waals surface area contributed by atoms with Gasteiger partial charge in [-0.3, -0.25) is 0 Å². The molecule has 2 atom stereocenters. The first-order chi connectivity index (χ1) is 9.68. The summed E-state index contributed by atoms with van der Waals surface area (Å²) in [6, 6.07) is 3.09. The quantitative estimate of drug-likeness (QED) is 0.912. The van der Waals surface area contributed by atoms with E-state index >= 15 is 0 Å². The van der Waals surface area contributed by atoms with E-state index in [0.717, 1.165) is 0 Å². The Labute approximate surface area is 120 Å². The molecule has 0 unspecified atom stereocenters. The minimum atomic E-state index is -4.61. The Morgan fingerprint density at radius 1 is 1.29 bits per heavy atom. The number of ether oxygens (including phenoxy) is 1. The smallest absolute Gasteiger partial charge is 0.418 e. The van der Waals surface area contributed by atoms with Crippen LogP contribution in [0.5, 0.6) is 0 Å². The van der Waals surface area contributed by atoms with Gasteiger partial charge in [-0.2, -0.15) is 13.2 Å². The molecular weight excluding hydrogens is 287 g/mol. The molecule has 4 nitrogen and oxygen atoms in total. The first-order valence-corrected chi connectivity index (χ1v) is 6.53. The lowest BCUT2D eigenvalue weighted by Crippen LogP contribution is -2.46. The van der Waals surface area contributed by atoms with E-state index in [4.69, 9.17) is 9.84 Å². The summed E-state index contributed by atoms with van der Waals surface area (Å²) in [5, 5.41) is 8.86. The minimum absolute atomic E-state index is 0.00509. The summed E-state index contributed by atoms with van der Waals surface area (Å²) >= 11 is 0. The fourth-order valence-corrected chi connectivity index (χ4v) is 2.55. The average molecular weight is 303 g/mol. The second-order valence-electron chi connectivity index (χ2n) is 5.20. The van der Waals surface area contributed by atoms with Crippen molar-refractivity contribution >= 4 is 11.7 Å². The lowest BCUT2D eigenvalue weighted by Gasteiger charge is -2.38. The maximum absolute atomic E-state index is 13.2. The number of anilines is 1. The molecule has 0 aliphatic carbocycles. The fourth-order valence-electron chi connectivity index (χ4n) is 2.55. The molecule has 1 aromatic rings. The molecule has 1 aliphatic rings. The van der Waals surface area contributed by atoms with Crippen molar-refractivity contribution in [3.63, 3.8) is 0 Å². The maximum Gasteiger partial charge on any atom is 0.418 e. The molecule has 0 spiro atoms. The van der Waals surface area contributed by atoms with E-state index < -0.39 is 17.7 Å². The average Bonchev–Trinajstić information content (AvgIpc) is 2.35. The van der Waals surface area contributed by atoms with Crippen LogP contribution < -0.4 is 4.90 Å². The molecule has 0 bridgehead atoms. The Hall–Kier alpha value is -1.76. The third-order valence-electron chi connectivity index (χ3n) is 3.31. The summed E-state index contributed by atoms with van der Waals surface area (Å²) < 4.78 is 45.1. The molecule has 2 rings (SSSR count). The second-order valence-corrected chi connectivity index (χ2v) is 5.20. The standard InChI is InChI=1S/C14H16F3NO3/c1-8-6-18(7-9(2)21-8)12-4-3-10(13(19)20)5-11(12)14(15,16)17/h3-5,8-9H,6-7H2,1-2H3,(H,19,20)/t8-,9+. The number of carboxylic acids is 1. The Balaban J connectivity index is 2.45. The topological polar surface area (TPSA) is 49.8 Å². The van der Waals surface area contributed by atoms with Crippen LogP contribution in [0.1, 0.15) is 29.8 Å². The van der Waals surface area contributed by atoms with Crippen LogP contribution in [0, 0.1) is 0 Å². The van der Waals surface area contributed by atoms with Gasteiger partial charge in [-0.1, -0.05) is 0 Å². The Kier molecular flexibility index (Phi) is 4.13. The van der Waals surface area contributed by atoms with Gasteiger partial charge in [0.2, 0.25) is 0 Å². The van der Waals surface area contributed by atoms with Gasteiger partial charge in [0.15, 0.2) is 0 Å². The van der Waals surface area contributed by atoms with Crippen molar-refractivity contribution < 1.29 is 27.8 Å². The number of morpholine rings is 1. The zero-order valence-corrected chi connectivity index (χ0v) is 11.6. The first kappa shape index (κ1) is 15.6. The molecule has 21 heavy (non-hydrogen) atoms. The molecule has 0 radical (unpaired) electrons. The predicted molar refractivity (Wildman–Crippen MR) is 70.6 cm³/mol. The van der Waals surface area contributed by atoms with Gasteiger partial charge in [-0.15, -0.1) is 0 Å². The number of aromatic carboxylic acids is 1. The van der Waals surface area contributed by atoms with Crippen molar-refractivity contribution in [2.45, 2.75) is 32.2 Å². The van der Waals surface area contributed by atoms with Crippen LogP contribution >= 0.6 is 0 Å². The molecule has 116 valence electrons. The van der Waals surface area contributed by atoms with Gasteiger partial charge in [0.25, 0.3) is 0 Å². The number of carbonyl (C=O) groups is 1. The van der Waals surface area contributed by atoms with Gasteiger partial charge in [-0.25, -0.2) is 4.79 Å². The summed E-state index contributed by atoms with van der Waals surface area (Å²) in [6.45, 7) is 4.25. The van der Waals surface area contributed by atoms with Crippen LogP contribution in [-0.2, 0) is 10.9 Å². The largest absolute Gasteiger partial charge is 0.478 e. The Bertz CT molecular complexity index is 535. The van der Waals surface area contributed by atoms with Gasteiger partial charge in [0.1, 0.15) is 0 Å². The van der Waals surface area contributed by atoms with Crippen molar-refractivity contribution in [1.82, 2.24) is 0 Å². The number of rotatable bonds is 2. The van der Waals surface area contributed by atoms with Crippen LogP contribution in [0.25, 0.3) is 0 Å². The summed E-state index contributed by atoms with van der Waals surface area (Å²) in [6.07, 6.45) is -4.98. The number of benzene rings is 1. The zero-order valence-electron chi connectivity index (χ0n) is 11.6. The van der Waals surface area contributed by atoms with E-state index in [2.05, 4.69) is 0 Å².